The topological polar surface area (TPSA) is 99.8 Å². The second-order valence-corrected chi connectivity index (χ2v) is 9.61. The van der Waals surface area contributed by atoms with E-state index < -0.39 is 35.3 Å². The van der Waals surface area contributed by atoms with Gasteiger partial charge in [-0.1, -0.05) is 30.3 Å². The van der Waals surface area contributed by atoms with Crippen LogP contribution in [0.4, 0.5) is 0 Å². The first-order valence-electron chi connectivity index (χ1n) is 10.8. The van der Waals surface area contributed by atoms with Crippen LogP contribution in [0.25, 0.3) is 0 Å². The Labute approximate surface area is 191 Å². The highest BCUT2D eigenvalue weighted by Gasteiger charge is 2.68. The normalized spacial score (nSPS) is 27.2. The molecule has 2 N–H and O–H groups in total. The molecule has 1 aromatic carbocycles. The van der Waals surface area contributed by atoms with Gasteiger partial charge in [0.15, 0.2) is 0 Å². The van der Waals surface area contributed by atoms with E-state index in [0.717, 1.165) is 16.9 Å². The van der Waals surface area contributed by atoms with E-state index in [-0.39, 0.29) is 12.3 Å². The lowest BCUT2D eigenvalue weighted by molar-refractivity contribution is -0.151. The molecule has 2 fully saturated rings. The molecule has 4 atom stereocenters. The van der Waals surface area contributed by atoms with Gasteiger partial charge in [-0.2, -0.15) is 11.8 Å². The number of aryl methyl sites for hydroxylation is 2. The van der Waals surface area contributed by atoms with E-state index in [4.69, 9.17) is 4.42 Å². The summed E-state index contributed by atoms with van der Waals surface area (Å²) < 4.78 is 5.91. The Hall–Kier alpha value is -2.58. The van der Waals surface area contributed by atoms with Crippen LogP contribution in [0.1, 0.15) is 35.1 Å². The smallest absolute Gasteiger partial charge is 0.325 e. The minimum absolute atomic E-state index is 0.0944. The van der Waals surface area contributed by atoms with Gasteiger partial charge in [0.1, 0.15) is 17.1 Å². The molecule has 2 aromatic rings. The molecule has 4 unspecified atom stereocenters. The second kappa shape index (κ2) is 8.75. The number of furan rings is 1. The highest BCUT2D eigenvalue weighted by Crippen LogP contribution is 2.50. The fraction of sp³-hybridized carbons (Fsp3) is 0.458. The highest BCUT2D eigenvalue weighted by atomic mass is 32.2. The molecule has 1 aromatic heterocycles. The van der Waals surface area contributed by atoms with Crippen LogP contribution in [0.5, 0.6) is 0 Å². The average molecular weight is 457 g/mol. The molecule has 2 amide bonds. The number of aliphatic carboxylic acids is 1. The number of benzene rings is 1. The van der Waals surface area contributed by atoms with Gasteiger partial charge in [-0.15, -0.1) is 0 Å². The molecule has 2 aliphatic rings. The van der Waals surface area contributed by atoms with Gasteiger partial charge in [0.2, 0.25) is 11.8 Å². The second-order valence-electron chi connectivity index (χ2n) is 8.63. The maximum absolute atomic E-state index is 13.5. The first kappa shape index (κ1) is 22.6. The maximum atomic E-state index is 13.5. The molecule has 170 valence electrons. The zero-order valence-corrected chi connectivity index (χ0v) is 19.3. The summed E-state index contributed by atoms with van der Waals surface area (Å²) in [6.07, 6.45) is 2.74. The Kier molecular flexibility index (Phi) is 6.18. The van der Waals surface area contributed by atoms with Gasteiger partial charge in [0.05, 0.1) is 17.9 Å². The Morgan fingerprint density at radius 2 is 1.94 bits per heavy atom. The Morgan fingerprint density at radius 3 is 2.53 bits per heavy atom. The van der Waals surface area contributed by atoms with Gasteiger partial charge in [-0.3, -0.25) is 24.6 Å². The van der Waals surface area contributed by atoms with Crippen molar-refractivity contribution in [2.45, 2.75) is 38.3 Å². The minimum atomic E-state index is -1.60. The number of imide groups is 1. The van der Waals surface area contributed by atoms with Crippen molar-refractivity contribution in [3.8, 4) is 0 Å². The van der Waals surface area contributed by atoms with E-state index in [1.807, 2.05) is 56.5 Å². The van der Waals surface area contributed by atoms with E-state index in [2.05, 4.69) is 5.32 Å². The van der Waals surface area contributed by atoms with Crippen molar-refractivity contribution in [1.82, 2.24) is 10.2 Å². The zero-order valence-electron chi connectivity index (χ0n) is 18.5. The van der Waals surface area contributed by atoms with E-state index in [1.165, 1.54) is 4.90 Å². The van der Waals surface area contributed by atoms with Crippen molar-refractivity contribution in [1.29, 1.82) is 0 Å². The lowest BCUT2D eigenvalue weighted by Gasteiger charge is -2.31. The number of rotatable bonds is 8. The van der Waals surface area contributed by atoms with Crippen LogP contribution in [0.2, 0.25) is 0 Å². The number of thioether (sulfide) groups is 1. The number of carbonyl (C=O) groups is 3. The summed E-state index contributed by atoms with van der Waals surface area (Å²) in [4.78, 5) is 41.0. The molecule has 0 aliphatic carbocycles. The first-order chi connectivity index (χ1) is 15.3. The number of carboxylic acid groups (broad SMARTS) is 1. The first-order valence-corrected chi connectivity index (χ1v) is 12.2. The van der Waals surface area contributed by atoms with Crippen molar-refractivity contribution >= 4 is 29.5 Å². The van der Waals surface area contributed by atoms with Crippen LogP contribution in [0.15, 0.2) is 40.8 Å². The summed E-state index contributed by atoms with van der Waals surface area (Å²) in [5.74, 6) is -1.65. The monoisotopic (exact) mass is 456 g/mol. The summed E-state index contributed by atoms with van der Waals surface area (Å²) >= 11 is 1.65. The largest absolute Gasteiger partial charge is 0.480 e. The highest BCUT2D eigenvalue weighted by molar-refractivity contribution is 7.98. The predicted octanol–water partition coefficient (Wildman–Crippen LogP) is 2.96. The maximum Gasteiger partial charge on any atom is 0.325 e. The number of likely N-dealkylation sites (tertiary alicyclic amines) is 1. The van der Waals surface area contributed by atoms with E-state index in [1.54, 1.807) is 11.8 Å². The van der Waals surface area contributed by atoms with Gasteiger partial charge in [-0.25, -0.2) is 0 Å². The van der Waals surface area contributed by atoms with E-state index >= 15 is 0 Å². The van der Waals surface area contributed by atoms with Crippen LogP contribution in [0.3, 0.4) is 0 Å². The molecule has 2 saturated heterocycles. The quantitative estimate of drug-likeness (QED) is 0.465. The van der Waals surface area contributed by atoms with Gasteiger partial charge in [-0.05, 0) is 49.5 Å². The molecule has 4 rings (SSSR count). The summed E-state index contributed by atoms with van der Waals surface area (Å²) in [6, 6.07) is 10.4. The molecule has 0 saturated carbocycles. The number of amides is 2. The lowest BCUT2D eigenvalue weighted by Crippen LogP contribution is -2.57. The number of carbonyl (C=O) groups excluding carboxylic acids is 2. The molecule has 7 nitrogen and oxygen atoms in total. The molecule has 8 heteroatoms. The van der Waals surface area contributed by atoms with E-state index in [9.17, 15) is 19.5 Å². The number of carboxylic acids is 1. The standard InChI is InChI=1S/C24H28N2O5S/c1-14-12-17(31-15(14)2)20-18-19(22(28)26(21(18)27)10-7-11-32-3)24(25-20,23(29)30)13-16-8-5-4-6-9-16/h4-6,8-9,12,18-20,25H,7,10-11,13H2,1-3H3,(H,29,30). The van der Waals surface area contributed by atoms with Gasteiger partial charge in [0.25, 0.3) is 0 Å². The Balaban J connectivity index is 1.79. The molecule has 0 spiro atoms. The van der Waals surface area contributed by atoms with Gasteiger partial charge >= 0.3 is 5.97 Å². The number of nitrogens with one attached hydrogen (secondary N) is 1. The summed E-state index contributed by atoms with van der Waals surface area (Å²) in [5.41, 5.74) is 0.101. The van der Waals surface area contributed by atoms with Crippen LogP contribution in [0, 0.1) is 25.7 Å². The Bertz CT molecular complexity index is 1020. The van der Waals surface area contributed by atoms with E-state index in [0.29, 0.717) is 24.5 Å². The van der Waals surface area contributed by atoms with Crippen LogP contribution < -0.4 is 5.32 Å². The molecular formula is C24H28N2O5S. The number of fused-ring (bicyclic) bond motifs is 1. The predicted molar refractivity (Wildman–Crippen MR) is 121 cm³/mol. The molecule has 0 radical (unpaired) electrons. The van der Waals surface area contributed by atoms with Crippen LogP contribution >= 0.6 is 11.8 Å². The number of nitrogens with zero attached hydrogens (tertiary/aromatic N) is 1. The van der Waals surface area contributed by atoms with Crippen molar-refractivity contribution in [3.63, 3.8) is 0 Å². The molecular weight excluding hydrogens is 428 g/mol. The van der Waals surface area contributed by atoms with Crippen LogP contribution in [-0.4, -0.2) is 51.9 Å². The van der Waals surface area contributed by atoms with Crippen molar-refractivity contribution < 1.29 is 23.9 Å². The fourth-order valence-corrected chi connectivity index (χ4v) is 5.42. The molecule has 32 heavy (non-hydrogen) atoms. The summed E-state index contributed by atoms with van der Waals surface area (Å²) in [7, 11) is 0. The fourth-order valence-electron chi connectivity index (χ4n) is 5.00. The Morgan fingerprint density at radius 1 is 1.22 bits per heavy atom. The van der Waals surface area contributed by atoms with Gasteiger partial charge < -0.3 is 9.52 Å². The van der Waals surface area contributed by atoms with Crippen molar-refractivity contribution in [2.24, 2.45) is 11.8 Å². The van der Waals surface area contributed by atoms with Crippen molar-refractivity contribution in [2.75, 3.05) is 18.6 Å². The zero-order chi connectivity index (χ0) is 23.0. The number of hydrogen-bond donors (Lipinski definition) is 2. The molecule has 3 heterocycles. The third-order valence-corrected chi connectivity index (χ3v) is 7.37. The summed E-state index contributed by atoms with van der Waals surface area (Å²) in [5, 5.41) is 13.6. The SMILES string of the molecule is CSCCCN1C(=O)C2C(c3cc(C)c(C)o3)NC(Cc3ccccc3)(C(=O)O)C2C1=O. The average Bonchev–Trinajstić information content (AvgIpc) is 3.36. The molecule has 2 aliphatic heterocycles. The van der Waals surface area contributed by atoms with Gasteiger partial charge in [0, 0.05) is 13.0 Å². The van der Waals surface area contributed by atoms with Crippen molar-refractivity contribution in [3.05, 3.63) is 59.0 Å². The minimum Gasteiger partial charge on any atom is -0.480 e. The van der Waals surface area contributed by atoms with Crippen LogP contribution in [-0.2, 0) is 20.8 Å². The molecule has 0 bridgehead atoms. The lowest BCUT2D eigenvalue weighted by atomic mass is 9.76. The third-order valence-electron chi connectivity index (χ3n) is 6.67. The number of hydrogen-bond acceptors (Lipinski definition) is 6. The summed E-state index contributed by atoms with van der Waals surface area (Å²) in [6.45, 7) is 4.03. The third kappa shape index (κ3) is 3.65.